The van der Waals surface area contributed by atoms with Crippen molar-refractivity contribution in [1.82, 2.24) is 9.80 Å². The average Bonchev–Trinajstić information content (AvgIpc) is 1.26. The fourth-order valence-electron chi connectivity index (χ4n) is 17.1. The van der Waals surface area contributed by atoms with Crippen molar-refractivity contribution in [1.29, 1.82) is 0 Å². The van der Waals surface area contributed by atoms with Crippen LogP contribution in [0, 0.1) is 65.1 Å². The highest BCUT2D eigenvalue weighted by Crippen LogP contribution is 2.68. The van der Waals surface area contributed by atoms with Crippen LogP contribution in [0.2, 0.25) is 0 Å². The molecule has 4 aliphatic heterocycles. The molecule has 6 aliphatic rings. The van der Waals surface area contributed by atoms with Gasteiger partial charge >= 0.3 is 95.8 Å². The number of methoxy groups -OCH3 is 2. The van der Waals surface area contributed by atoms with E-state index in [1.54, 1.807) is 27.0 Å². The molecule has 63 heteroatoms. The van der Waals surface area contributed by atoms with E-state index in [4.69, 9.17) is 72.4 Å². The monoisotopic (exact) mass is 2360 g/mol. The number of imide groups is 2. The van der Waals surface area contributed by atoms with Crippen molar-refractivity contribution in [3.8, 4) is 0 Å². The lowest BCUT2D eigenvalue weighted by Crippen LogP contribution is -2.71. The molecule has 0 radical (unpaired) electrons. The van der Waals surface area contributed by atoms with Gasteiger partial charge in [0.2, 0.25) is 23.6 Å². The number of hydrogen-bond acceptors (Lipinski definition) is 33. The third-order valence-corrected chi connectivity index (χ3v) is 34.7. The van der Waals surface area contributed by atoms with Gasteiger partial charge in [0, 0.05) is 81.4 Å². The van der Waals surface area contributed by atoms with Gasteiger partial charge in [-0.15, -0.1) is 11.8 Å². The van der Waals surface area contributed by atoms with Crippen molar-refractivity contribution in [2.75, 3.05) is 179 Å². The van der Waals surface area contributed by atoms with Gasteiger partial charge in [-0.3, -0.25) is 38.6 Å². The minimum absolute atomic E-state index is 0.0397. The van der Waals surface area contributed by atoms with Crippen LogP contribution in [0.3, 0.4) is 0 Å². The summed E-state index contributed by atoms with van der Waals surface area (Å²) in [5, 5.41) is 76.9. The summed E-state index contributed by atoms with van der Waals surface area (Å²) in [5.74, 6) is -99.2. The van der Waals surface area contributed by atoms with Gasteiger partial charge in [0.1, 0.15) is 0 Å². The molecule has 6 rings (SSSR count). The normalized spacial score (nSPS) is 24.8. The lowest BCUT2D eigenvalue weighted by molar-refractivity contribution is -0.443. The zero-order chi connectivity index (χ0) is 114. The maximum atomic E-state index is 16.6. The zero-order valence-corrected chi connectivity index (χ0v) is 88.0. The number of rotatable bonds is 62. The zero-order valence-electron chi connectivity index (χ0n) is 81.4. The summed E-state index contributed by atoms with van der Waals surface area (Å²) in [7, 11) is 2.94. The molecule has 9 N–H and O–H groups in total. The Morgan fingerprint density at radius 3 is 1.02 bits per heavy atom. The van der Waals surface area contributed by atoms with Crippen LogP contribution in [0.1, 0.15) is 86.0 Å². The molecular weight excluding hydrogens is 2230 g/mol. The van der Waals surface area contributed by atoms with Crippen LogP contribution in [0.15, 0.2) is 0 Å². The molecule has 0 bridgehead atoms. The summed E-state index contributed by atoms with van der Waals surface area (Å²) >= 11 is 8.02. The Hall–Kier alpha value is -3.64. The second-order valence-corrected chi connectivity index (χ2v) is 43.8. The van der Waals surface area contributed by atoms with E-state index in [1.807, 2.05) is 6.26 Å². The smallest absolute Gasteiger partial charge is 0.460 e. The van der Waals surface area contributed by atoms with Crippen LogP contribution in [-0.4, -0.2) is 429 Å². The number of carboxylic acid groups (broad SMARTS) is 2. The summed E-state index contributed by atoms with van der Waals surface area (Å²) < 4.78 is 422. The molecule has 24 unspecified atom stereocenters. The first-order valence-corrected chi connectivity index (χ1v) is 54.7. The van der Waals surface area contributed by atoms with Crippen LogP contribution in [0.25, 0.3) is 0 Å². The summed E-state index contributed by atoms with van der Waals surface area (Å²) in [6.45, 7) is 6.36. The number of alkyl halides is 26. The second-order valence-electron chi connectivity index (χ2n) is 34.6. The highest BCUT2D eigenvalue weighted by atomic mass is 32.2. The van der Waals surface area contributed by atoms with E-state index < -0.39 is 304 Å². The minimum Gasteiger partial charge on any atom is -0.481 e. The third kappa shape index (κ3) is 36.2. The molecule has 6 fully saturated rings. The molecule has 2 aliphatic carbocycles. The fourth-order valence-corrected chi connectivity index (χ4v) is 24.4. The first-order chi connectivity index (χ1) is 68.5. The van der Waals surface area contributed by atoms with Crippen molar-refractivity contribution in [2.24, 2.45) is 65.1 Å². The number of carbonyl (C=O) groups excluding carboxylic acids is 8. The van der Waals surface area contributed by atoms with Crippen LogP contribution in [0.5, 0.6) is 0 Å². The van der Waals surface area contributed by atoms with Gasteiger partial charge in [0.15, 0.2) is 0 Å². The summed E-state index contributed by atoms with van der Waals surface area (Å²) in [6, 6.07) is 0. The Morgan fingerprint density at radius 1 is 0.392 bits per heavy atom. The number of aliphatic hydroxyl groups is 7. The van der Waals surface area contributed by atoms with Crippen molar-refractivity contribution in [2.45, 2.75) is 232 Å². The maximum absolute atomic E-state index is 16.6. The number of nitrogens with zero attached hydrogens (tertiary/aromatic N) is 2. The number of fused-ring (bicyclic) bond motifs is 2. The fraction of sp³-hybridized carbons (Fsp3) is 0.906. The number of hydrogen-bond donors (Lipinski definition) is 9. The van der Waals surface area contributed by atoms with Crippen molar-refractivity contribution in [3.05, 3.63) is 0 Å². The third-order valence-electron chi connectivity index (χ3n) is 24.9. The number of likely N-dealkylation sites (tertiary alicyclic amines) is 2. The van der Waals surface area contributed by atoms with Crippen LogP contribution in [0.4, 0.5) is 114 Å². The quantitative estimate of drug-likeness (QED) is 0.0155. The Balaban J connectivity index is 0.00000126. The molecule has 148 heavy (non-hydrogen) atoms. The van der Waals surface area contributed by atoms with Crippen molar-refractivity contribution >= 4 is 142 Å². The predicted molar refractivity (Wildman–Crippen MR) is 491 cm³/mol. The molecule has 2 saturated carbocycles. The van der Waals surface area contributed by atoms with E-state index in [9.17, 15) is 130 Å². The van der Waals surface area contributed by atoms with E-state index in [0.29, 0.717) is 42.9 Å². The molecule has 4 saturated heterocycles. The average molecular weight is 2360 g/mol. The lowest BCUT2D eigenvalue weighted by Gasteiger charge is -2.43. The molecule has 29 nitrogen and oxygen atoms in total. The van der Waals surface area contributed by atoms with E-state index >= 15 is 43.9 Å². The van der Waals surface area contributed by atoms with E-state index in [-0.39, 0.29) is 115 Å². The topological polar surface area (TPSA) is 433 Å². The molecular formula is C85H126F26N2O27S8. The molecule has 24 atom stereocenters. The number of halogens is 26. The minimum atomic E-state index is -8.14. The molecule has 0 aromatic carbocycles. The molecule has 4 heterocycles. The first-order valence-electron chi connectivity index (χ1n) is 45.1. The summed E-state index contributed by atoms with van der Waals surface area (Å²) in [4.78, 5) is 112. The van der Waals surface area contributed by atoms with Crippen LogP contribution < -0.4 is 0 Å². The van der Waals surface area contributed by atoms with Gasteiger partial charge in [0.25, 0.3) is 0 Å². The number of ether oxygens (including phenoxy) is 8. The molecule has 0 spiro atoms. The van der Waals surface area contributed by atoms with Gasteiger partial charge in [0.05, 0.1) is 177 Å². The lowest BCUT2D eigenvalue weighted by atomic mass is 9.78. The first kappa shape index (κ1) is 142. The Labute approximate surface area is 869 Å². The van der Waals surface area contributed by atoms with Gasteiger partial charge in [-0.25, -0.2) is 0 Å². The van der Waals surface area contributed by atoms with E-state index in [1.165, 1.54) is 75.9 Å². The number of thioether (sulfide) groups is 8. The number of amides is 4. The Bertz CT molecular complexity index is 4000. The number of aliphatic hydroxyl groups excluding tert-OH is 7. The number of aliphatic carboxylic acids is 2. The highest BCUT2D eigenvalue weighted by Gasteiger charge is 2.93. The predicted octanol–water partition coefficient (Wildman–Crippen LogP) is 12.7. The summed E-state index contributed by atoms with van der Waals surface area (Å²) in [5.41, 5.74) is 0. The number of carbonyl (C=O) groups is 6. The standard InChI is InChI=1S/C41H62F13NO11S3.C35H48F13NO8S3.C4H10O2S.C3H6O2S.2CO2/c1-5-29(68-18-21(2)15-56)33-32-31(34(61)55(35(32)62)6-7-64-10-11-65-9-8-63-4)28(66-33)14-30(69-20-25(60)17-58)26-12-23(22(3)67-19-24(59)16-57)13-27(26)36(42,43)37(44,45)38(46,47)39(48,49)40(50,51)41(52,53)54;1-6-22(60-16-24(50)51)27-26-25(28(52)49(29(26)53)7-8-55-11-12-56-10-9-54-3)21(57-27)15-23(59-5)19-13-18(17(2)58-4)14-20(19)30(36,37)31(38,39)32(40,41)33(42,43)34(44,45)35(46,47)48;1-7-3-4(6)2-5;1-6-2-3(4)5;2*2-1-3/h21-33,56-60H,5-20H2,1-4H3;17-23,25-27H,6-16H2,1-5H3,(H,50,51);4-6H,2-3H2,1H3;2H2,1H3,(H,4,5);;. The molecule has 0 aromatic heterocycles. The Morgan fingerprint density at radius 2 is 0.709 bits per heavy atom. The van der Waals surface area contributed by atoms with Gasteiger partial charge in [-0.1, -0.05) is 34.6 Å². The Kier molecular flexibility index (Phi) is 62.0. The van der Waals surface area contributed by atoms with E-state index in [2.05, 4.69) is 0 Å². The van der Waals surface area contributed by atoms with E-state index in [0.717, 1.165) is 56.8 Å². The van der Waals surface area contributed by atoms with Crippen molar-refractivity contribution in [3.63, 3.8) is 0 Å². The maximum Gasteiger partial charge on any atom is 0.460 e. The van der Waals surface area contributed by atoms with Crippen LogP contribution in [-0.2, 0) is 85.8 Å². The van der Waals surface area contributed by atoms with Gasteiger partial charge < -0.3 is 83.9 Å². The largest absolute Gasteiger partial charge is 0.481 e. The van der Waals surface area contributed by atoms with Gasteiger partial charge in [-0.2, -0.15) is 216 Å². The van der Waals surface area contributed by atoms with Gasteiger partial charge in [-0.05, 0) is 112 Å². The second kappa shape index (κ2) is 64.4. The van der Waals surface area contributed by atoms with Crippen molar-refractivity contribution < 1.29 is 246 Å². The SMILES string of the molecule is CCC(SCC(=O)O)C1OC(CC(SC)C2CC(C(C)SC)CC2C(F)(F)C(F)(F)C(F)(F)C(F)(F)C(F)(F)C(F)(F)F)C2C(=O)N(CCOCCOCCOC)C(=O)C12.CCC(SCC(C)CO)C1OC(CC(SCC(O)CO)C2CC(C(C)SCC(O)CO)CC2C(F)(F)C(F)(F)C(F)(F)C(F)(F)C(F)(F)C(F)(F)F)C2C(=O)N(CCOCCOCCOC)C(=O)C12.CSCC(=O)O.CSCC(O)CO.O=C=O.O=C=O. The van der Waals surface area contributed by atoms with Crippen LogP contribution >= 0.6 is 94.1 Å². The number of carboxylic acids is 2. The summed E-state index contributed by atoms with van der Waals surface area (Å²) in [6.07, 6.45) is -21.1. The molecule has 868 valence electrons. The molecule has 0 aromatic rings. The highest BCUT2D eigenvalue weighted by molar-refractivity contribution is 8.01. The molecule has 4 amide bonds.